The molecule has 0 radical (unpaired) electrons. The maximum absolute atomic E-state index is 10.6. The number of hydrogen-bond acceptors (Lipinski definition) is 3. The summed E-state index contributed by atoms with van der Waals surface area (Å²) >= 11 is 3.16. The average Bonchev–Trinajstić information content (AvgIpc) is 2.17. The lowest BCUT2D eigenvalue weighted by atomic mass is 10.2. The minimum absolute atomic E-state index is 0.0304. The number of halogens is 1. The maximum Gasteiger partial charge on any atom is 0.409 e. The van der Waals surface area contributed by atoms with Gasteiger partial charge >= 0.3 is 6.09 Å². The molecule has 0 atom stereocenters. The molecule has 0 saturated carbocycles. The molecule has 1 rings (SSSR count). The summed E-state index contributed by atoms with van der Waals surface area (Å²) in [6.07, 6.45) is -1.33. The number of benzene rings is 1. The highest BCUT2D eigenvalue weighted by molar-refractivity contribution is 9.08. The average molecular weight is 275 g/mol. The molecule has 0 aliphatic carbocycles. The zero-order chi connectivity index (χ0) is 11.4. The minimum Gasteiger partial charge on any atom is -0.465 e. The molecule has 0 aliphatic heterocycles. The molecular formula is C8H7BrN2O4. The summed E-state index contributed by atoms with van der Waals surface area (Å²) < 4.78 is 0. The van der Waals surface area contributed by atoms with Gasteiger partial charge in [0.15, 0.2) is 0 Å². The standard InChI is InChI=1S/C8H7BrN2O4/c9-4-5-1-2-6(10-8(12)13)7(3-5)11(14)15/h1-3,10H,4H2,(H,12,13). The van der Waals surface area contributed by atoms with E-state index in [0.29, 0.717) is 10.9 Å². The first kappa shape index (κ1) is 11.4. The highest BCUT2D eigenvalue weighted by Gasteiger charge is 2.15. The zero-order valence-electron chi connectivity index (χ0n) is 7.44. The molecule has 7 heteroatoms. The van der Waals surface area contributed by atoms with E-state index in [2.05, 4.69) is 15.9 Å². The van der Waals surface area contributed by atoms with Gasteiger partial charge in [-0.2, -0.15) is 0 Å². The summed E-state index contributed by atoms with van der Waals surface area (Å²) in [4.78, 5) is 20.4. The fourth-order valence-corrected chi connectivity index (χ4v) is 1.38. The minimum atomic E-state index is -1.33. The summed E-state index contributed by atoms with van der Waals surface area (Å²) in [7, 11) is 0. The monoisotopic (exact) mass is 274 g/mol. The molecule has 0 aromatic heterocycles. The van der Waals surface area contributed by atoms with Crippen molar-refractivity contribution >= 4 is 33.4 Å². The fourth-order valence-electron chi connectivity index (χ4n) is 1.03. The molecule has 0 fully saturated rings. The number of anilines is 1. The van der Waals surface area contributed by atoms with Crippen LogP contribution in [0.25, 0.3) is 0 Å². The Balaban J connectivity index is 3.15. The number of hydrogen-bond donors (Lipinski definition) is 2. The molecule has 0 saturated heterocycles. The Morgan fingerprint density at radius 3 is 2.73 bits per heavy atom. The third-order valence-electron chi connectivity index (χ3n) is 1.65. The van der Waals surface area contributed by atoms with Crippen LogP contribution in [0.1, 0.15) is 5.56 Å². The SMILES string of the molecule is O=C(O)Nc1ccc(CBr)cc1[N+](=O)[O-]. The molecule has 15 heavy (non-hydrogen) atoms. The number of nitrogens with zero attached hydrogens (tertiary/aromatic N) is 1. The van der Waals surface area contributed by atoms with Crippen molar-refractivity contribution in [3.05, 3.63) is 33.9 Å². The maximum atomic E-state index is 10.6. The first-order chi connectivity index (χ1) is 7.04. The normalized spacial score (nSPS) is 9.67. The van der Waals surface area contributed by atoms with Gasteiger partial charge in [0.25, 0.3) is 5.69 Å². The van der Waals surface area contributed by atoms with Crippen LogP contribution in [0.15, 0.2) is 18.2 Å². The number of rotatable bonds is 3. The molecule has 80 valence electrons. The molecule has 1 aromatic rings. The third-order valence-corrected chi connectivity index (χ3v) is 2.30. The molecule has 0 aliphatic rings. The van der Waals surface area contributed by atoms with Crippen LogP contribution in [-0.2, 0) is 5.33 Å². The van der Waals surface area contributed by atoms with E-state index in [4.69, 9.17) is 5.11 Å². The number of carbonyl (C=O) groups is 1. The summed E-state index contributed by atoms with van der Waals surface area (Å²) in [5.41, 5.74) is 0.421. The molecule has 0 heterocycles. The Kier molecular flexibility index (Phi) is 3.62. The number of amides is 1. The summed E-state index contributed by atoms with van der Waals surface area (Å²) in [6.45, 7) is 0. The van der Waals surface area contributed by atoms with Gasteiger partial charge in [-0.05, 0) is 11.6 Å². The van der Waals surface area contributed by atoms with Gasteiger partial charge in [0.2, 0.25) is 0 Å². The molecule has 0 spiro atoms. The van der Waals surface area contributed by atoms with E-state index >= 15 is 0 Å². The lowest BCUT2D eigenvalue weighted by Gasteiger charge is -2.03. The van der Waals surface area contributed by atoms with Gasteiger partial charge < -0.3 is 5.11 Å². The van der Waals surface area contributed by atoms with Crippen LogP contribution in [-0.4, -0.2) is 16.1 Å². The van der Waals surface area contributed by atoms with E-state index < -0.39 is 11.0 Å². The summed E-state index contributed by atoms with van der Waals surface area (Å²) in [6, 6.07) is 4.29. The van der Waals surface area contributed by atoms with E-state index in [1.165, 1.54) is 12.1 Å². The second-order valence-electron chi connectivity index (χ2n) is 2.67. The molecule has 2 N–H and O–H groups in total. The summed E-state index contributed by atoms with van der Waals surface area (Å²) in [5, 5.41) is 21.5. The van der Waals surface area contributed by atoms with Crippen molar-refractivity contribution in [3.63, 3.8) is 0 Å². The molecule has 1 aromatic carbocycles. The predicted octanol–water partition coefficient (Wildman–Crippen LogP) is 2.58. The number of nitro benzene ring substituents is 1. The van der Waals surface area contributed by atoms with Crippen molar-refractivity contribution in [3.8, 4) is 0 Å². The third kappa shape index (κ3) is 2.91. The van der Waals surface area contributed by atoms with Gasteiger partial charge in [-0.1, -0.05) is 22.0 Å². The highest BCUT2D eigenvalue weighted by Crippen LogP contribution is 2.26. The van der Waals surface area contributed by atoms with Crippen LogP contribution in [0.5, 0.6) is 0 Å². The van der Waals surface area contributed by atoms with Crippen molar-refractivity contribution in [1.29, 1.82) is 0 Å². The zero-order valence-corrected chi connectivity index (χ0v) is 9.02. The quantitative estimate of drug-likeness (QED) is 0.503. The van der Waals surface area contributed by atoms with E-state index in [0.717, 1.165) is 0 Å². The van der Waals surface area contributed by atoms with Crippen molar-refractivity contribution in [2.45, 2.75) is 5.33 Å². The number of alkyl halides is 1. The molecule has 6 nitrogen and oxygen atoms in total. The van der Waals surface area contributed by atoms with Crippen molar-refractivity contribution in [2.75, 3.05) is 5.32 Å². The molecule has 1 amide bonds. The van der Waals surface area contributed by atoms with E-state index in [9.17, 15) is 14.9 Å². The van der Waals surface area contributed by atoms with Crippen LogP contribution in [0.2, 0.25) is 0 Å². The number of nitro groups is 1. The van der Waals surface area contributed by atoms with Gasteiger partial charge in [0, 0.05) is 11.4 Å². The molecule has 0 unspecified atom stereocenters. The lowest BCUT2D eigenvalue weighted by molar-refractivity contribution is -0.384. The van der Waals surface area contributed by atoms with Crippen LogP contribution >= 0.6 is 15.9 Å². The highest BCUT2D eigenvalue weighted by atomic mass is 79.9. The lowest BCUT2D eigenvalue weighted by Crippen LogP contribution is -2.09. The largest absolute Gasteiger partial charge is 0.465 e. The topological polar surface area (TPSA) is 92.5 Å². The second-order valence-corrected chi connectivity index (χ2v) is 3.23. The van der Waals surface area contributed by atoms with E-state index in [-0.39, 0.29) is 11.4 Å². The Bertz CT molecular complexity index is 408. The molecular weight excluding hydrogens is 268 g/mol. The summed E-state index contributed by atoms with van der Waals surface area (Å²) in [5.74, 6) is 0. The number of nitrogens with one attached hydrogen (secondary N) is 1. The van der Waals surface area contributed by atoms with Gasteiger partial charge in [-0.15, -0.1) is 0 Å². The molecule has 0 bridgehead atoms. The fraction of sp³-hybridized carbons (Fsp3) is 0.125. The van der Waals surface area contributed by atoms with Crippen molar-refractivity contribution < 1.29 is 14.8 Å². The number of carboxylic acid groups (broad SMARTS) is 1. The van der Waals surface area contributed by atoms with Gasteiger partial charge in [0.1, 0.15) is 5.69 Å². The first-order valence-electron chi connectivity index (χ1n) is 3.88. The Labute approximate surface area is 93.2 Å². The van der Waals surface area contributed by atoms with Crippen molar-refractivity contribution in [2.24, 2.45) is 0 Å². The Morgan fingerprint density at radius 1 is 1.60 bits per heavy atom. The Morgan fingerprint density at radius 2 is 2.27 bits per heavy atom. The van der Waals surface area contributed by atoms with Gasteiger partial charge in [0.05, 0.1) is 4.92 Å². The van der Waals surface area contributed by atoms with Crippen molar-refractivity contribution in [1.82, 2.24) is 0 Å². The second kappa shape index (κ2) is 4.74. The van der Waals surface area contributed by atoms with E-state index in [1.54, 1.807) is 6.07 Å². The van der Waals surface area contributed by atoms with Crippen LogP contribution < -0.4 is 5.32 Å². The smallest absolute Gasteiger partial charge is 0.409 e. The van der Waals surface area contributed by atoms with Crippen LogP contribution in [0.4, 0.5) is 16.2 Å². The van der Waals surface area contributed by atoms with Gasteiger partial charge in [-0.25, -0.2) is 4.79 Å². The predicted molar refractivity (Wildman–Crippen MR) is 57.4 cm³/mol. The van der Waals surface area contributed by atoms with Gasteiger partial charge in [-0.3, -0.25) is 15.4 Å². The van der Waals surface area contributed by atoms with Crippen LogP contribution in [0.3, 0.4) is 0 Å². The van der Waals surface area contributed by atoms with E-state index in [1.807, 2.05) is 5.32 Å². The first-order valence-corrected chi connectivity index (χ1v) is 5.00. The van der Waals surface area contributed by atoms with Crippen LogP contribution in [0, 0.1) is 10.1 Å². The Hall–Kier alpha value is -1.63.